The zero-order valence-electron chi connectivity index (χ0n) is 11.2. The molecule has 1 rings (SSSR count). The van der Waals surface area contributed by atoms with Crippen LogP contribution in [0.5, 0.6) is 0 Å². The van der Waals surface area contributed by atoms with Crippen LogP contribution in [0.2, 0.25) is 0 Å². The van der Waals surface area contributed by atoms with Gasteiger partial charge in [0.15, 0.2) is 0 Å². The fourth-order valence-electron chi connectivity index (χ4n) is 1.64. The number of hydrogen-bond acceptors (Lipinski definition) is 5. The maximum Gasteiger partial charge on any atom is 0.310 e. The second-order valence-corrected chi connectivity index (χ2v) is 4.21. The van der Waals surface area contributed by atoms with Crippen molar-refractivity contribution in [3.63, 3.8) is 0 Å². The van der Waals surface area contributed by atoms with Crippen molar-refractivity contribution in [1.82, 2.24) is 9.97 Å². The fraction of sp³-hybridized carbons (Fsp3) is 0.583. The first-order chi connectivity index (χ1) is 8.47. The van der Waals surface area contributed by atoms with Gasteiger partial charge in [0.05, 0.1) is 13.0 Å². The number of aryl methyl sites for hydroxylation is 1. The highest BCUT2D eigenvalue weighted by Gasteiger charge is 2.16. The molecule has 0 fully saturated rings. The minimum absolute atomic E-state index is 0.186. The van der Waals surface area contributed by atoms with E-state index < -0.39 is 0 Å². The second-order valence-electron chi connectivity index (χ2n) is 4.21. The summed E-state index contributed by atoms with van der Waals surface area (Å²) in [5, 5.41) is 0. The molecule has 1 atom stereocenters. The maximum absolute atomic E-state index is 11.4. The molecule has 1 aromatic heterocycles. The number of rotatable bonds is 5. The van der Waals surface area contributed by atoms with Crippen LogP contribution in [-0.2, 0) is 16.0 Å². The van der Waals surface area contributed by atoms with E-state index in [2.05, 4.69) is 14.7 Å². The standard InChI is InChI=1S/C12H19N3O3/c1-5-9-13-10(6-11(16)14-9)15(3)7-8(2)12(17)18-4/h6,8H,5,7H2,1-4H3,(H,13,14,16). The Balaban J connectivity index is 2.84. The van der Waals surface area contributed by atoms with Crippen molar-refractivity contribution in [3.8, 4) is 0 Å². The normalized spacial score (nSPS) is 12.0. The molecule has 0 aliphatic rings. The van der Waals surface area contributed by atoms with Gasteiger partial charge in [-0.25, -0.2) is 4.98 Å². The van der Waals surface area contributed by atoms with Crippen molar-refractivity contribution in [2.75, 3.05) is 25.6 Å². The van der Waals surface area contributed by atoms with Crippen molar-refractivity contribution >= 4 is 11.8 Å². The maximum atomic E-state index is 11.4. The molecule has 0 saturated heterocycles. The lowest BCUT2D eigenvalue weighted by Crippen LogP contribution is -2.31. The minimum Gasteiger partial charge on any atom is -0.469 e. The van der Waals surface area contributed by atoms with Gasteiger partial charge in [0.1, 0.15) is 11.6 Å². The Morgan fingerprint density at radius 2 is 2.28 bits per heavy atom. The van der Waals surface area contributed by atoms with Crippen molar-refractivity contribution in [2.24, 2.45) is 5.92 Å². The average Bonchev–Trinajstić information content (AvgIpc) is 2.36. The van der Waals surface area contributed by atoms with Gasteiger partial charge in [0.25, 0.3) is 5.56 Å². The Hall–Kier alpha value is -1.85. The molecule has 0 aromatic carbocycles. The highest BCUT2D eigenvalue weighted by molar-refractivity contribution is 5.72. The molecule has 1 aromatic rings. The predicted octanol–water partition coefficient (Wildman–Crippen LogP) is 0.578. The van der Waals surface area contributed by atoms with E-state index in [1.165, 1.54) is 13.2 Å². The largest absolute Gasteiger partial charge is 0.469 e. The molecule has 0 radical (unpaired) electrons. The zero-order valence-corrected chi connectivity index (χ0v) is 11.2. The molecule has 0 aliphatic carbocycles. The Morgan fingerprint density at radius 3 is 2.83 bits per heavy atom. The lowest BCUT2D eigenvalue weighted by Gasteiger charge is -2.21. The SMILES string of the molecule is CCc1nc(N(C)CC(C)C(=O)OC)cc(=O)[nH]1. The topological polar surface area (TPSA) is 75.3 Å². The minimum atomic E-state index is -0.276. The summed E-state index contributed by atoms with van der Waals surface area (Å²) in [6.45, 7) is 4.14. The number of carbonyl (C=O) groups is 1. The Bertz CT molecular complexity index is 470. The van der Waals surface area contributed by atoms with E-state index in [0.717, 1.165) is 0 Å². The van der Waals surface area contributed by atoms with Gasteiger partial charge >= 0.3 is 5.97 Å². The van der Waals surface area contributed by atoms with Crippen molar-refractivity contribution < 1.29 is 9.53 Å². The van der Waals surface area contributed by atoms with Gasteiger partial charge in [-0.2, -0.15) is 0 Å². The lowest BCUT2D eigenvalue weighted by molar-refractivity contribution is -0.144. The summed E-state index contributed by atoms with van der Waals surface area (Å²) in [5.41, 5.74) is -0.186. The van der Waals surface area contributed by atoms with Gasteiger partial charge in [-0.3, -0.25) is 9.59 Å². The number of hydrogen-bond donors (Lipinski definition) is 1. The molecule has 100 valence electrons. The van der Waals surface area contributed by atoms with E-state index in [1.807, 2.05) is 6.92 Å². The molecule has 1 unspecified atom stereocenters. The van der Waals surface area contributed by atoms with Crippen LogP contribution in [-0.4, -0.2) is 36.6 Å². The molecule has 0 amide bonds. The first kappa shape index (κ1) is 14.2. The number of carbonyl (C=O) groups excluding carboxylic acids is 1. The predicted molar refractivity (Wildman–Crippen MR) is 68.7 cm³/mol. The van der Waals surface area contributed by atoms with E-state index in [1.54, 1.807) is 18.9 Å². The Morgan fingerprint density at radius 1 is 1.61 bits per heavy atom. The number of anilines is 1. The summed E-state index contributed by atoms with van der Waals surface area (Å²) in [4.78, 5) is 31.5. The van der Waals surface area contributed by atoms with Crippen LogP contribution in [0.15, 0.2) is 10.9 Å². The number of nitrogens with zero attached hydrogens (tertiary/aromatic N) is 2. The van der Waals surface area contributed by atoms with Gasteiger partial charge in [-0.15, -0.1) is 0 Å². The summed E-state index contributed by atoms with van der Waals surface area (Å²) < 4.78 is 4.66. The number of esters is 1. The third kappa shape index (κ3) is 3.58. The van der Waals surface area contributed by atoms with Crippen LogP contribution in [0.3, 0.4) is 0 Å². The van der Waals surface area contributed by atoms with Crippen LogP contribution in [0.4, 0.5) is 5.82 Å². The van der Waals surface area contributed by atoms with Gasteiger partial charge < -0.3 is 14.6 Å². The van der Waals surface area contributed by atoms with E-state index >= 15 is 0 Å². The molecule has 1 heterocycles. The molecular weight excluding hydrogens is 234 g/mol. The fourth-order valence-corrected chi connectivity index (χ4v) is 1.64. The average molecular weight is 253 g/mol. The first-order valence-corrected chi connectivity index (χ1v) is 5.87. The van der Waals surface area contributed by atoms with Crippen LogP contribution >= 0.6 is 0 Å². The number of H-pyrrole nitrogens is 1. The second kappa shape index (κ2) is 6.18. The molecule has 0 spiro atoms. The molecule has 0 bridgehead atoms. The van der Waals surface area contributed by atoms with Crippen LogP contribution in [0.25, 0.3) is 0 Å². The quantitative estimate of drug-likeness (QED) is 0.777. The summed E-state index contributed by atoms with van der Waals surface area (Å²) in [6.07, 6.45) is 0.656. The number of methoxy groups -OCH3 is 1. The third-order valence-corrected chi connectivity index (χ3v) is 2.65. The van der Waals surface area contributed by atoms with Crippen LogP contribution < -0.4 is 10.5 Å². The van der Waals surface area contributed by atoms with Gasteiger partial charge in [-0.05, 0) is 0 Å². The zero-order chi connectivity index (χ0) is 13.7. The van der Waals surface area contributed by atoms with Gasteiger partial charge in [0, 0.05) is 26.1 Å². The molecule has 6 nitrogen and oxygen atoms in total. The Labute approximate surface area is 106 Å². The third-order valence-electron chi connectivity index (χ3n) is 2.65. The smallest absolute Gasteiger partial charge is 0.310 e. The number of aromatic amines is 1. The van der Waals surface area contributed by atoms with E-state index in [0.29, 0.717) is 24.6 Å². The van der Waals surface area contributed by atoms with Crippen molar-refractivity contribution in [2.45, 2.75) is 20.3 Å². The first-order valence-electron chi connectivity index (χ1n) is 5.87. The highest BCUT2D eigenvalue weighted by atomic mass is 16.5. The van der Waals surface area contributed by atoms with Crippen LogP contribution in [0.1, 0.15) is 19.7 Å². The Kier molecular flexibility index (Phi) is 4.88. The number of nitrogens with one attached hydrogen (secondary N) is 1. The van der Waals surface area contributed by atoms with E-state index in [-0.39, 0.29) is 17.4 Å². The van der Waals surface area contributed by atoms with Gasteiger partial charge in [0.2, 0.25) is 0 Å². The molecule has 0 aliphatic heterocycles. The number of aromatic nitrogens is 2. The molecule has 0 saturated carbocycles. The van der Waals surface area contributed by atoms with Crippen molar-refractivity contribution in [1.29, 1.82) is 0 Å². The van der Waals surface area contributed by atoms with Crippen LogP contribution in [0, 0.1) is 5.92 Å². The summed E-state index contributed by atoms with van der Waals surface area (Å²) in [5.74, 6) is 0.648. The molecule has 1 N–H and O–H groups in total. The summed E-state index contributed by atoms with van der Waals surface area (Å²) >= 11 is 0. The number of ether oxygens (including phenoxy) is 1. The molecular formula is C12H19N3O3. The monoisotopic (exact) mass is 253 g/mol. The highest BCUT2D eigenvalue weighted by Crippen LogP contribution is 2.09. The summed E-state index contributed by atoms with van der Waals surface area (Å²) in [7, 11) is 3.15. The summed E-state index contributed by atoms with van der Waals surface area (Å²) in [6, 6.07) is 1.42. The molecule has 6 heteroatoms. The lowest BCUT2D eigenvalue weighted by atomic mass is 10.2. The van der Waals surface area contributed by atoms with Gasteiger partial charge in [-0.1, -0.05) is 13.8 Å². The van der Waals surface area contributed by atoms with Crippen molar-refractivity contribution in [3.05, 3.63) is 22.2 Å². The molecule has 18 heavy (non-hydrogen) atoms. The van der Waals surface area contributed by atoms with E-state index in [4.69, 9.17) is 0 Å². The van der Waals surface area contributed by atoms with E-state index in [9.17, 15) is 9.59 Å².